The monoisotopic (exact) mass is 176 g/mol. The molecule has 0 bridgehead atoms. The van der Waals surface area contributed by atoms with E-state index in [2.05, 4.69) is 9.97 Å². The van der Waals surface area contributed by atoms with Gasteiger partial charge in [-0.05, 0) is 24.1 Å². The Morgan fingerprint density at radius 1 is 1.60 bits per heavy atom. The molecule has 0 aromatic carbocycles. The molecule has 10 heavy (non-hydrogen) atoms. The van der Waals surface area contributed by atoms with Crippen molar-refractivity contribution in [3.8, 4) is 0 Å². The van der Waals surface area contributed by atoms with E-state index >= 15 is 0 Å². The summed E-state index contributed by atoms with van der Waals surface area (Å²) in [7, 11) is 0. The lowest BCUT2D eigenvalue weighted by molar-refractivity contribution is 1.05. The van der Waals surface area contributed by atoms with Crippen LogP contribution in [0.15, 0.2) is 6.20 Å². The second-order valence-corrected chi connectivity index (χ2v) is 2.51. The highest BCUT2D eigenvalue weighted by Crippen LogP contribution is 2.08. The van der Waals surface area contributed by atoms with Gasteiger partial charge >= 0.3 is 0 Å². The van der Waals surface area contributed by atoms with E-state index in [-0.39, 0.29) is 5.28 Å². The number of halogens is 2. The van der Waals surface area contributed by atoms with E-state index in [0.29, 0.717) is 5.88 Å². The lowest BCUT2D eigenvalue weighted by Crippen LogP contribution is -1.92. The van der Waals surface area contributed by atoms with Crippen LogP contribution in [0.3, 0.4) is 0 Å². The quantitative estimate of drug-likeness (QED) is 0.485. The van der Waals surface area contributed by atoms with Crippen LogP contribution in [0.25, 0.3) is 0 Å². The summed E-state index contributed by atoms with van der Waals surface area (Å²) >= 11 is 11.1. The molecule has 0 aliphatic heterocycles. The Bertz CT molecular complexity index is 237. The minimum Gasteiger partial charge on any atom is -0.226 e. The zero-order chi connectivity index (χ0) is 7.56. The van der Waals surface area contributed by atoms with Gasteiger partial charge in [0.2, 0.25) is 5.28 Å². The molecule has 0 spiro atoms. The third-order valence-corrected chi connectivity index (χ3v) is 1.61. The summed E-state index contributed by atoms with van der Waals surface area (Å²) in [4.78, 5) is 7.70. The van der Waals surface area contributed by atoms with Crippen molar-refractivity contribution in [2.24, 2.45) is 0 Å². The second kappa shape index (κ2) is 3.17. The van der Waals surface area contributed by atoms with Gasteiger partial charge in [0, 0.05) is 6.20 Å². The normalized spacial score (nSPS) is 9.90. The van der Waals surface area contributed by atoms with E-state index in [4.69, 9.17) is 23.2 Å². The summed E-state index contributed by atoms with van der Waals surface area (Å²) < 4.78 is 0. The molecule has 2 nitrogen and oxygen atoms in total. The van der Waals surface area contributed by atoms with Crippen LogP contribution in [0.1, 0.15) is 11.3 Å². The molecular formula is C6H6Cl2N2. The Kier molecular flexibility index (Phi) is 2.46. The van der Waals surface area contributed by atoms with E-state index in [1.165, 1.54) is 0 Å². The number of hydrogen-bond donors (Lipinski definition) is 0. The van der Waals surface area contributed by atoms with Crippen molar-refractivity contribution < 1.29 is 0 Å². The smallest absolute Gasteiger partial charge is 0.222 e. The fourth-order valence-corrected chi connectivity index (χ4v) is 1.01. The molecule has 4 heteroatoms. The third-order valence-electron chi connectivity index (χ3n) is 1.17. The van der Waals surface area contributed by atoms with Crippen LogP contribution >= 0.6 is 23.2 Å². The van der Waals surface area contributed by atoms with E-state index in [1.807, 2.05) is 6.92 Å². The predicted molar refractivity (Wildman–Crippen MR) is 41.3 cm³/mol. The van der Waals surface area contributed by atoms with Crippen molar-refractivity contribution in [2.45, 2.75) is 12.8 Å². The van der Waals surface area contributed by atoms with Gasteiger partial charge in [0.25, 0.3) is 0 Å². The van der Waals surface area contributed by atoms with Gasteiger partial charge in [0.1, 0.15) is 0 Å². The van der Waals surface area contributed by atoms with Crippen molar-refractivity contribution in [1.29, 1.82) is 0 Å². The number of alkyl halides is 1. The second-order valence-electron chi connectivity index (χ2n) is 1.90. The van der Waals surface area contributed by atoms with E-state index in [9.17, 15) is 0 Å². The average molecular weight is 177 g/mol. The number of aromatic nitrogens is 2. The van der Waals surface area contributed by atoms with Gasteiger partial charge in [-0.1, -0.05) is 0 Å². The molecule has 1 aromatic heterocycles. The third kappa shape index (κ3) is 1.58. The minimum atomic E-state index is 0.251. The molecule has 0 fully saturated rings. The molecule has 1 rings (SSSR count). The summed E-state index contributed by atoms with van der Waals surface area (Å²) in [5.74, 6) is 0.383. The average Bonchev–Trinajstić information content (AvgIpc) is 1.94. The van der Waals surface area contributed by atoms with Crippen molar-refractivity contribution >= 4 is 23.2 Å². The van der Waals surface area contributed by atoms with Crippen LogP contribution in [-0.4, -0.2) is 9.97 Å². The van der Waals surface area contributed by atoms with Crippen LogP contribution < -0.4 is 0 Å². The summed E-state index contributed by atoms with van der Waals surface area (Å²) in [5, 5.41) is 0.251. The van der Waals surface area contributed by atoms with Gasteiger partial charge in [0.15, 0.2) is 0 Å². The van der Waals surface area contributed by atoms with Crippen molar-refractivity contribution in [3.63, 3.8) is 0 Å². The molecule has 1 heterocycles. The molecule has 0 amide bonds. The van der Waals surface area contributed by atoms with E-state index in [1.54, 1.807) is 6.20 Å². The molecule has 0 unspecified atom stereocenters. The number of aryl methyl sites for hydroxylation is 1. The number of rotatable bonds is 1. The van der Waals surface area contributed by atoms with Crippen molar-refractivity contribution in [1.82, 2.24) is 9.97 Å². The van der Waals surface area contributed by atoms with Crippen LogP contribution in [0.4, 0.5) is 0 Å². The molecule has 0 saturated heterocycles. The molecule has 0 radical (unpaired) electrons. The first-order valence-corrected chi connectivity index (χ1v) is 3.69. The largest absolute Gasteiger partial charge is 0.226 e. The maximum atomic E-state index is 5.56. The number of hydrogen-bond acceptors (Lipinski definition) is 2. The molecule has 0 aliphatic carbocycles. The first-order chi connectivity index (χ1) is 4.74. The Hall–Kier alpha value is -0.340. The van der Waals surface area contributed by atoms with Crippen molar-refractivity contribution in [2.75, 3.05) is 0 Å². The topological polar surface area (TPSA) is 25.8 Å². The zero-order valence-corrected chi connectivity index (χ0v) is 6.95. The van der Waals surface area contributed by atoms with Crippen LogP contribution in [0.5, 0.6) is 0 Å². The maximum Gasteiger partial charge on any atom is 0.222 e. The first-order valence-electron chi connectivity index (χ1n) is 2.78. The minimum absolute atomic E-state index is 0.251. The van der Waals surface area contributed by atoms with E-state index in [0.717, 1.165) is 11.3 Å². The highest BCUT2D eigenvalue weighted by molar-refractivity contribution is 6.28. The predicted octanol–water partition coefficient (Wildman–Crippen LogP) is 2.18. The van der Waals surface area contributed by atoms with Crippen molar-refractivity contribution in [3.05, 3.63) is 22.7 Å². The Morgan fingerprint density at radius 3 is 2.80 bits per heavy atom. The van der Waals surface area contributed by atoms with Crippen LogP contribution in [0.2, 0.25) is 5.28 Å². The summed E-state index contributed by atoms with van der Waals surface area (Å²) in [6.07, 6.45) is 1.66. The lowest BCUT2D eigenvalue weighted by atomic mass is 10.3. The lowest BCUT2D eigenvalue weighted by Gasteiger charge is -1.97. The summed E-state index contributed by atoms with van der Waals surface area (Å²) in [6.45, 7) is 1.90. The summed E-state index contributed by atoms with van der Waals surface area (Å²) in [5.41, 5.74) is 1.76. The van der Waals surface area contributed by atoms with Gasteiger partial charge in [0.05, 0.1) is 11.6 Å². The molecule has 1 aromatic rings. The Balaban J connectivity index is 3.09. The molecule has 0 N–H and O–H groups in total. The molecule has 54 valence electrons. The fraction of sp³-hybridized carbons (Fsp3) is 0.333. The highest BCUT2D eigenvalue weighted by atomic mass is 35.5. The van der Waals surface area contributed by atoms with Gasteiger partial charge < -0.3 is 0 Å². The summed E-state index contributed by atoms with van der Waals surface area (Å²) in [6, 6.07) is 0. The SMILES string of the molecule is Cc1cnc(Cl)nc1CCl. The van der Waals surface area contributed by atoms with Gasteiger partial charge in [-0.2, -0.15) is 0 Å². The fourth-order valence-electron chi connectivity index (χ4n) is 0.588. The maximum absolute atomic E-state index is 5.56. The van der Waals surface area contributed by atoms with Crippen LogP contribution in [-0.2, 0) is 5.88 Å². The van der Waals surface area contributed by atoms with Gasteiger partial charge in [-0.25, -0.2) is 9.97 Å². The molecular weight excluding hydrogens is 171 g/mol. The standard InChI is InChI=1S/C6H6Cl2N2/c1-4-3-9-6(8)10-5(4)2-7/h3H,2H2,1H3. The molecule has 0 atom stereocenters. The highest BCUT2D eigenvalue weighted by Gasteiger charge is 1.98. The van der Waals surface area contributed by atoms with E-state index < -0.39 is 0 Å². The van der Waals surface area contributed by atoms with Crippen LogP contribution in [0, 0.1) is 6.92 Å². The van der Waals surface area contributed by atoms with Gasteiger partial charge in [-0.15, -0.1) is 11.6 Å². The zero-order valence-electron chi connectivity index (χ0n) is 5.43. The Morgan fingerprint density at radius 2 is 2.30 bits per heavy atom. The van der Waals surface area contributed by atoms with Gasteiger partial charge in [-0.3, -0.25) is 0 Å². The molecule has 0 saturated carbocycles. The molecule has 0 aliphatic rings. The number of nitrogens with zero attached hydrogens (tertiary/aromatic N) is 2. The first kappa shape index (κ1) is 7.76. The Labute approximate surface area is 69.2 Å².